The predicted octanol–water partition coefficient (Wildman–Crippen LogP) is 4.88. The number of rotatable bonds is 8. The number of ether oxygens (including phenoxy) is 1. The summed E-state index contributed by atoms with van der Waals surface area (Å²) in [7, 11) is 0. The van der Waals surface area contributed by atoms with Crippen LogP contribution in [0.3, 0.4) is 0 Å². The van der Waals surface area contributed by atoms with Crippen molar-refractivity contribution in [1.29, 1.82) is 0 Å². The number of carbonyl (C=O) groups excluding carboxylic acids is 1. The Balaban J connectivity index is 1.55. The fourth-order valence-electron chi connectivity index (χ4n) is 3.11. The van der Waals surface area contributed by atoms with Gasteiger partial charge in [0.05, 0.1) is 12.1 Å². The summed E-state index contributed by atoms with van der Waals surface area (Å²) in [6, 6.07) is 29.2. The highest BCUT2D eigenvalue weighted by Gasteiger charge is 2.16. The van der Waals surface area contributed by atoms with Gasteiger partial charge in [-0.2, -0.15) is 0 Å². The van der Waals surface area contributed by atoms with E-state index in [9.17, 15) is 4.79 Å². The summed E-state index contributed by atoms with van der Waals surface area (Å²) in [6.07, 6.45) is -0.476. The minimum Gasteiger partial charge on any atom is -0.445 e. The topological polar surface area (TPSA) is 62.4 Å². The molecule has 0 aromatic heterocycles. The van der Waals surface area contributed by atoms with Crippen LogP contribution in [-0.4, -0.2) is 17.8 Å². The standard InChI is InChI=1S/C25H27N3O2S/c1-19(21-13-7-3-8-14-21)27-24(31)26-17-23(22-15-9-4-10-16-22)28-25(29)30-18-20-11-5-2-6-12-20/h2-16,19,23H,17-18H2,1H3,(H,28,29)(H2,26,27,31)/t19-,23+/m0/s1. The predicted molar refractivity (Wildman–Crippen MR) is 128 cm³/mol. The molecule has 3 rings (SSSR count). The molecule has 0 bridgehead atoms. The molecule has 6 heteroatoms. The summed E-state index contributed by atoms with van der Waals surface area (Å²) in [5.74, 6) is 0. The molecule has 0 fully saturated rings. The van der Waals surface area contributed by atoms with Crippen molar-refractivity contribution >= 4 is 23.4 Å². The molecule has 0 aliphatic carbocycles. The third-order valence-corrected chi connectivity index (χ3v) is 5.08. The Kier molecular flexibility index (Phi) is 8.43. The Morgan fingerprint density at radius 3 is 2.00 bits per heavy atom. The molecule has 1 amide bonds. The van der Waals surface area contributed by atoms with Crippen LogP contribution in [0.15, 0.2) is 91.0 Å². The number of carbonyl (C=O) groups is 1. The van der Waals surface area contributed by atoms with Crippen molar-refractivity contribution in [3.05, 3.63) is 108 Å². The molecule has 31 heavy (non-hydrogen) atoms. The molecule has 2 atom stereocenters. The van der Waals surface area contributed by atoms with Crippen molar-refractivity contribution in [3.63, 3.8) is 0 Å². The van der Waals surface area contributed by atoms with Gasteiger partial charge in [-0.15, -0.1) is 0 Å². The summed E-state index contributed by atoms with van der Waals surface area (Å²) >= 11 is 5.46. The van der Waals surface area contributed by atoms with Gasteiger partial charge in [-0.05, 0) is 35.8 Å². The Labute approximate surface area is 188 Å². The summed E-state index contributed by atoms with van der Waals surface area (Å²) in [5, 5.41) is 9.95. The zero-order valence-electron chi connectivity index (χ0n) is 17.5. The van der Waals surface area contributed by atoms with Gasteiger partial charge in [-0.25, -0.2) is 4.79 Å². The monoisotopic (exact) mass is 433 g/mol. The van der Waals surface area contributed by atoms with E-state index >= 15 is 0 Å². The lowest BCUT2D eigenvalue weighted by molar-refractivity contribution is 0.135. The van der Waals surface area contributed by atoms with Crippen LogP contribution in [0.1, 0.15) is 35.7 Å². The first-order chi connectivity index (χ1) is 15.1. The van der Waals surface area contributed by atoms with Gasteiger partial charge in [0.15, 0.2) is 5.11 Å². The lowest BCUT2D eigenvalue weighted by Gasteiger charge is -2.22. The zero-order valence-corrected chi connectivity index (χ0v) is 18.3. The molecule has 0 unspecified atom stereocenters. The molecule has 0 aliphatic rings. The maximum atomic E-state index is 12.4. The van der Waals surface area contributed by atoms with E-state index in [1.807, 2.05) is 78.9 Å². The number of benzene rings is 3. The van der Waals surface area contributed by atoms with Crippen LogP contribution in [0.25, 0.3) is 0 Å². The van der Waals surface area contributed by atoms with Crippen molar-refractivity contribution in [1.82, 2.24) is 16.0 Å². The first-order valence-electron chi connectivity index (χ1n) is 10.2. The molecular weight excluding hydrogens is 406 g/mol. The molecule has 0 spiro atoms. The van der Waals surface area contributed by atoms with Crippen LogP contribution in [0.4, 0.5) is 4.79 Å². The summed E-state index contributed by atoms with van der Waals surface area (Å²) in [6.45, 7) is 2.70. The maximum absolute atomic E-state index is 12.4. The lowest BCUT2D eigenvalue weighted by Crippen LogP contribution is -2.42. The number of hydrogen-bond donors (Lipinski definition) is 3. The van der Waals surface area contributed by atoms with E-state index in [0.717, 1.165) is 16.7 Å². The summed E-state index contributed by atoms with van der Waals surface area (Å²) in [5.41, 5.74) is 3.05. The van der Waals surface area contributed by atoms with Crippen molar-refractivity contribution in [3.8, 4) is 0 Å². The van der Waals surface area contributed by atoms with Gasteiger partial charge in [0.2, 0.25) is 0 Å². The SMILES string of the molecule is C[C@H](NC(=S)NC[C@@H](NC(=O)OCc1ccccc1)c1ccccc1)c1ccccc1. The minimum absolute atomic E-state index is 0.0696. The smallest absolute Gasteiger partial charge is 0.408 e. The van der Waals surface area contributed by atoms with Crippen LogP contribution in [0.2, 0.25) is 0 Å². The zero-order chi connectivity index (χ0) is 21.9. The molecule has 0 saturated carbocycles. The first kappa shape index (κ1) is 22.3. The molecule has 3 aromatic rings. The molecule has 0 aliphatic heterocycles. The lowest BCUT2D eigenvalue weighted by atomic mass is 10.1. The number of alkyl carbamates (subject to hydrolysis) is 1. The third-order valence-electron chi connectivity index (χ3n) is 4.82. The van der Waals surface area contributed by atoms with Crippen molar-refractivity contribution in [2.75, 3.05) is 6.54 Å². The molecule has 0 radical (unpaired) electrons. The molecule has 5 nitrogen and oxygen atoms in total. The fourth-order valence-corrected chi connectivity index (χ4v) is 3.37. The Morgan fingerprint density at radius 2 is 1.39 bits per heavy atom. The Bertz CT molecular complexity index is 952. The quantitative estimate of drug-likeness (QED) is 0.442. The minimum atomic E-state index is -0.476. The molecule has 3 aromatic carbocycles. The number of hydrogen-bond acceptors (Lipinski definition) is 3. The second kappa shape index (κ2) is 11.7. The Morgan fingerprint density at radius 1 is 0.839 bits per heavy atom. The van der Waals surface area contributed by atoms with E-state index in [0.29, 0.717) is 11.7 Å². The molecule has 3 N–H and O–H groups in total. The summed E-state index contributed by atoms with van der Waals surface area (Å²) < 4.78 is 5.38. The molecular formula is C25H27N3O2S. The van der Waals surface area contributed by atoms with E-state index in [4.69, 9.17) is 17.0 Å². The van der Waals surface area contributed by atoms with Crippen LogP contribution < -0.4 is 16.0 Å². The second-order valence-electron chi connectivity index (χ2n) is 7.16. The number of thiocarbonyl (C=S) groups is 1. The average molecular weight is 434 g/mol. The van der Waals surface area contributed by atoms with Gasteiger partial charge in [-0.3, -0.25) is 0 Å². The van der Waals surface area contributed by atoms with E-state index in [1.165, 1.54) is 0 Å². The van der Waals surface area contributed by atoms with Gasteiger partial charge in [-0.1, -0.05) is 91.0 Å². The third kappa shape index (κ3) is 7.42. The van der Waals surface area contributed by atoms with Gasteiger partial charge in [0, 0.05) is 6.54 Å². The maximum Gasteiger partial charge on any atom is 0.408 e. The van der Waals surface area contributed by atoms with Crippen molar-refractivity contribution < 1.29 is 9.53 Å². The second-order valence-corrected chi connectivity index (χ2v) is 7.56. The van der Waals surface area contributed by atoms with Crippen LogP contribution in [-0.2, 0) is 11.3 Å². The number of nitrogens with one attached hydrogen (secondary N) is 3. The highest BCUT2D eigenvalue weighted by molar-refractivity contribution is 7.80. The van der Waals surface area contributed by atoms with Gasteiger partial charge in [0.25, 0.3) is 0 Å². The number of amides is 1. The first-order valence-corrected chi connectivity index (χ1v) is 10.6. The fraction of sp³-hybridized carbons (Fsp3) is 0.200. The normalized spacial score (nSPS) is 12.3. The van der Waals surface area contributed by atoms with Crippen LogP contribution >= 0.6 is 12.2 Å². The van der Waals surface area contributed by atoms with Gasteiger partial charge in [0.1, 0.15) is 6.61 Å². The van der Waals surface area contributed by atoms with Crippen LogP contribution in [0.5, 0.6) is 0 Å². The largest absolute Gasteiger partial charge is 0.445 e. The molecule has 160 valence electrons. The molecule has 0 heterocycles. The van der Waals surface area contributed by atoms with E-state index in [1.54, 1.807) is 0 Å². The van der Waals surface area contributed by atoms with Crippen molar-refractivity contribution in [2.24, 2.45) is 0 Å². The van der Waals surface area contributed by atoms with Crippen LogP contribution in [0, 0.1) is 0 Å². The van der Waals surface area contributed by atoms with Gasteiger partial charge < -0.3 is 20.7 Å². The van der Waals surface area contributed by atoms with E-state index in [-0.39, 0.29) is 18.7 Å². The molecule has 0 saturated heterocycles. The highest BCUT2D eigenvalue weighted by Crippen LogP contribution is 2.13. The van der Waals surface area contributed by atoms with Gasteiger partial charge >= 0.3 is 6.09 Å². The summed E-state index contributed by atoms with van der Waals surface area (Å²) in [4.78, 5) is 12.4. The van der Waals surface area contributed by atoms with E-state index in [2.05, 4.69) is 35.0 Å². The van der Waals surface area contributed by atoms with Crippen molar-refractivity contribution in [2.45, 2.75) is 25.6 Å². The van der Waals surface area contributed by atoms with E-state index < -0.39 is 6.09 Å². The average Bonchev–Trinajstić information content (AvgIpc) is 2.82. The Hall–Kier alpha value is -3.38. The highest BCUT2D eigenvalue weighted by atomic mass is 32.1.